The zero-order chi connectivity index (χ0) is 20.4. The fourth-order valence-electron chi connectivity index (χ4n) is 3.85. The van der Waals surface area contributed by atoms with Crippen LogP contribution in [0.25, 0.3) is 11.4 Å². The molecule has 1 unspecified atom stereocenters. The molecule has 8 heteroatoms. The van der Waals surface area contributed by atoms with Gasteiger partial charge in [-0.2, -0.15) is 4.31 Å². The van der Waals surface area contributed by atoms with Gasteiger partial charge in [-0.05, 0) is 56.0 Å². The Morgan fingerprint density at radius 1 is 1.21 bits per heavy atom. The number of imidazole rings is 1. The lowest BCUT2D eigenvalue weighted by atomic mass is 9.99. The number of hydrogen-bond donors (Lipinski definition) is 0. The molecule has 0 bridgehead atoms. The number of rotatable bonds is 5. The van der Waals surface area contributed by atoms with Gasteiger partial charge in [-0.15, -0.1) is 0 Å². The van der Waals surface area contributed by atoms with Gasteiger partial charge in [0.15, 0.2) is 0 Å². The van der Waals surface area contributed by atoms with Crippen molar-refractivity contribution in [1.82, 2.24) is 18.8 Å². The first-order valence-electron chi connectivity index (χ1n) is 9.63. The first kappa shape index (κ1) is 19.7. The normalized spacial score (nSPS) is 18.1. The molecule has 1 fully saturated rings. The lowest BCUT2D eigenvalue weighted by molar-refractivity contribution is 0.245. The molecule has 2 aromatic heterocycles. The molecule has 4 rings (SSSR count). The number of hydrogen-bond acceptors (Lipinski definition) is 4. The summed E-state index contributed by atoms with van der Waals surface area (Å²) >= 11 is 0. The number of piperidine rings is 1. The van der Waals surface area contributed by atoms with E-state index in [1.54, 1.807) is 12.4 Å². The van der Waals surface area contributed by atoms with E-state index < -0.39 is 15.8 Å². The number of aromatic nitrogens is 3. The van der Waals surface area contributed by atoms with Gasteiger partial charge in [0.05, 0.1) is 4.90 Å². The van der Waals surface area contributed by atoms with Gasteiger partial charge in [0.25, 0.3) is 0 Å². The second-order valence-corrected chi connectivity index (χ2v) is 9.34. The van der Waals surface area contributed by atoms with Gasteiger partial charge in [-0.3, -0.25) is 4.98 Å². The van der Waals surface area contributed by atoms with E-state index in [0.29, 0.717) is 19.6 Å². The largest absolute Gasteiger partial charge is 0.328 e. The standard InChI is InChI=1S/C21H23FN4O2S/c1-16-13-24-21(18-7-9-23-10-8-18)26(16)15-17-4-3-11-25(14-17)29(27,28)20-6-2-5-19(22)12-20/h2,5-10,12-13,17H,3-4,11,14-15H2,1H3. The van der Waals surface area contributed by atoms with E-state index in [1.165, 1.54) is 22.5 Å². The van der Waals surface area contributed by atoms with Gasteiger partial charge in [0, 0.05) is 49.5 Å². The molecule has 0 saturated carbocycles. The molecule has 1 aromatic carbocycles. The Morgan fingerprint density at radius 2 is 2.00 bits per heavy atom. The van der Waals surface area contributed by atoms with Crippen molar-refractivity contribution in [3.05, 3.63) is 66.5 Å². The Morgan fingerprint density at radius 3 is 2.76 bits per heavy atom. The summed E-state index contributed by atoms with van der Waals surface area (Å²) in [5.74, 6) is 0.464. The second kappa shape index (κ2) is 8.04. The van der Waals surface area contributed by atoms with Crippen molar-refractivity contribution >= 4 is 10.0 Å². The first-order chi connectivity index (χ1) is 13.9. The molecule has 0 aliphatic carbocycles. The second-order valence-electron chi connectivity index (χ2n) is 7.40. The van der Waals surface area contributed by atoms with Crippen molar-refractivity contribution in [2.75, 3.05) is 13.1 Å². The summed E-state index contributed by atoms with van der Waals surface area (Å²) in [6, 6.07) is 9.05. The van der Waals surface area contributed by atoms with E-state index in [-0.39, 0.29) is 10.8 Å². The molecule has 1 aliphatic rings. The van der Waals surface area contributed by atoms with Crippen LogP contribution < -0.4 is 0 Å². The summed E-state index contributed by atoms with van der Waals surface area (Å²) in [7, 11) is -3.71. The summed E-state index contributed by atoms with van der Waals surface area (Å²) < 4.78 is 43.1. The van der Waals surface area contributed by atoms with Gasteiger partial charge in [-0.25, -0.2) is 17.8 Å². The molecule has 0 amide bonds. The van der Waals surface area contributed by atoms with Crippen molar-refractivity contribution in [2.24, 2.45) is 5.92 Å². The fraction of sp³-hybridized carbons (Fsp3) is 0.333. The molecule has 3 heterocycles. The third kappa shape index (κ3) is 4.09. The van der Waals surface area contributed by atoms with Crippen molar-refractivity contribution in [3.63, 3.8) is 0 Å². The van der Waals surface area contributed by atoms with Crippen molar-refractivity contribution < 1.29 is 12.8 Å². The maximum Gasteiger partial charge on any atom is 0.243 e. The van der Waals surface area contributed by atoms with Crippen LogP contribution in [0.15, 0.2) is 59.9 Å². The molecule has 152 valence electrons. The Bertz CT molecular complexity index is 1100. The molecular formula is C21H23FN4O2S. The quantitative estimate of drug-likeness (QED) is 0.641. The highest BCUT2D eigenvalue weighted by atomic mass is 32.2. The summed E-state index contributed by atoms with van der Waals surface area (Å²) in [5, 5.41) is 0. The minimum absolute atomic E-state index is 0.00874. The van der Waals surface area contributed by atoms with E-state index in [9.17, 15) is 12.8 Å². The highest BCUT2D eigenvalue weighted by Crippen LogP contribution is 2.27. The fourth-order valence-corrected chi connectivity index (χ4v) is 5.44. The molecule has 6 nitrogen and oxygen atoms in total. The molecule has 1 saturated heterocycles. The Hall–Kier alpha value is -2.58. The van der Waals surface area contributed by atoms with E-state index in [4.69, 9.17) is 0 Å². The van der Waals surface area contributed by atoms with Crippen molar-refractivity contribution in [1.29, 1.82) is 0 Å². The zero-order valence-electron chi connectivity index (χ0n) is 16.2. The average Bonchev–Trinajstić information content (AvgIpc) is 3.09. The van der Waals surface area contributed by atoms with Gasteiger partial charge in [-0.1, -0.05) is 6.07 Å². The van der Waals surface area contributed by atoms with Crippen LogP contribution in [0.4, 0.5) is 4.39 Å². The van der Waals surface area contributed by atoms with E-state index in [2.05, 4.69) is 14.5 Å². The molecule has 0 spiro atoms. The maximum absolute atomic E-state index is 13.5. The van der Waals surface area contributed by atoms with Gasteiger partial charge in [0.2, 0.25) is 10.0 Å². The Labute approximate surface area is 170 Å². The van der Waals surface area contributed by atoms with Crippen molar-refractivity contribution in [2.45, 2.75) is 31.2 Å². The monoisotopic (exact) mass is 414 g/mol. The number of nitrogens with zero attached hydrogens (tertiary/aromatic N) is 4. The Balaban J connectivity index is 1.55. The van der Waals surface area contributed by atoms with Crippen LogP contribution in [0.5, 0.6) is 0 Å². The molecule has 1 atom stereocenters. The van der Waals surface area contributed by atoms with Gasteiger partial charge < -0.3 is 4.57 Å². The van der Waals surface area contributed by atoms with Gasteiger partial charge in [0.1, 0.15) is 11.6 Å². The van der Waals surface area contributed by atoms with Crippen LogP contribution in [-0.2, 0) is 16.6 Å². The number of aryl methyl sites for hydroxylation is 1. The van der Waals surface area contributed by atoms with Gasteiger partial charge >= 0.3 is 0 Å². The lowest BCUT2D eigenvalue weighted by Gasteiger charge is -2.32. The minimum Gasteiger partial charge on any atom is -0.328 e. The molecular weight excluding hydrogens is 391 g/mol. The molecule has 1 aliphatic heterocycles. The van der Waals surface area contributed by atoms with E-state index >= 15 is 0 Å². The smallest absolute Gasteiger partial charge is 0.243 e. The van der Waals surface area contributed by atoms with E-state index in [1.807, 2.05) is 25.3 Å². The zero-order valence-corrected chi connectivity index (χ0v) is 17.0. The summed E-state index contributed by atoms with van der Waals surface area (Å²) in [6.45, 7) is 3.54. The van der Waals surface area contributed by atoms with Crippen LogP contribution in [-0.4, -0.2) is 40.3 Å². The summed E-state index contributed by atoms with van der Waals surface area (Å²) in [5.41, 5.74) is 2.01. The predicted molar refractivity (Wildman–Crippen MR) is 108 cm³/mol. The topological polar surface area (TPSA) is 68.1 Å². The first-order valence-corrected chi connectivity index (χ1v) is 11.1. The van der Waals surface area contributed by atoms with Crippen LogP contribution in [0.1, 0.15) is 18.5 Å². The molecule has 3 aromatic rings. The number of benzene rings is 1. The summed E-state index contributed by atoms with van der Waals surface area (Å²) in [4.78, 5) is 8.60. The highest BCUT2D eigenvalue weighted by molar-refractivity contribution is 7.89. The van der Waals surface area contributed by atoms with Crippen LogP contribution >= 0.6 is 0 Å². The maximum atomic E-state index is 13.5. The van der Waals surface area contributed by atoms with Crippen LogP contribution in [0.2, 0.25) is 0 Å². The lowest BCUT2D eigenvalue weighted by Crippen LogP contribution is -2.41. The molecule has 0 radical (unpaired) electrons. The van der Waals surface area contributed by atoms with Crippen LogP contribution in [0, 0.1) is 18.7 Å². The number of halogens is 1. The summed E-state index contributed by atoms with van der Waals surface area (Å²) in [6.07, 6.45) is 7.01. The minimum atomic E-state index is -3.71. The van der Waals surface area contributed by atoms with Crippen molar-refractivity contribution in [3.8, 4) is 11.4 Å². The molecule has 29 heavy (non-hydrogen) atoms. The SMILES string of the molecule is Cc1cnc(-c2ccncc2)n1CC1CCCN(S(=O)(=O)c2cccc(F)c2)C1. The third-order valence-electron chi connectivity index (χ3n) is 5.35. The predicted octanol–water partition coefficient (Wildman–Crippen LogP) is 3.49. The van der Waals surface area contributed by atoms with E-state index in [0.717, 1.165) is 36.0 Å². The number of pyridine rings is 1. The highest BCUT2D eigenvalue weighted by Gasteiger charge is 2.31. The third-order valence-corrected chi connectivity index (χ3v) is 7.21. The van der Waals surface area contributed by atoms with Crippen LogP contribution in [0.3, 0.4) is 0 Å². The Kier molecular flexibility index (Phi) is 5.47. The number of sulfonamides is 1. The molecule has 0 N–H and O–H groups in total. The average molecular weight is 415 g/mol.